The van der Waals surface area contributed by atoms with E-state index in [0.717, 1.165) is 12.5 Å². The molecule has 1 aliphatic rings. The summed E-state index contributed by atoms with van der Waals surface area (Å²) in [6.45, 7) is 5.33. The Morgan fingerprint density at radius 2 is 2.36 bits per heavy atom. The third kappa shape index (κ3) is 3.57. The van der Waals surface area contributed by atoms with Gasteiger partial charge in [0.05, 0.1) is 12.7 Å². The Labute approximate surface area is 69.4 Å². The number of ether oxygens (including phenoxy) is 1. The van der Waals surface area contributed by atoms with E-state index in [1.807, 2.05) is 0 Å². The predicted octanol–water partition coefficient (Wildman–Crippen LogP) is 2.77. The molecule has 2 atom stereocenters. The predicted molar refractivity (Wildman–Crippen MR) is 47.6 cm³/mol. The van der Waals surface area contributed by atoms with Crippen LogP contribution in [0.25, 0.3) is 0 Å². The zero-order valence-corrected chi connectivity index (χ0v) is 7.55. The van der Waals surface area contributed by atoms with E-state index in [1.165, 1.54) is 19.3 Å². The van der Waals surface area contributed by atoms with Crippen molar-refractivity contribution in [1.82, 2.24) is 0 Å². The Morgan fingerprint density at radius 3 is 2.82 bits per heavy atom. The van der Waals surface area contributed by atoms with Gasteiger partial charge >= 0.3 is 0 Å². The first-order valence-corrected chi connectivity index (χ1v) is 4.61. The highest BCUT2D eigenvalue weighted by Gasteiger charge is 2.24. The normalized spacial score (nSPS) is 25.8. The van der Waals surface area contributed by atoms with Crippen LogP contribution in [0.3, 0.4) is 0 Å². The maximum absolute atomic E-state index is 5.20. The van der Waals surface area contributed by atoms with E-state index >= 15 is 0 Å². The van der Waals surface area contributed by atoms with Crippen molar-refractivity contribution >= 4 is 0 Å². The summed E-state index contributed by atoms with van der Waals surface area (Å²) >= 11 is 0. The highest BCUT2D eigenvalue weighted by Crippen LogP contribution is 2.23. The topological polar surface area (TPSA) is 12.5 Å². The lowest BCUT2D eigenvalue weighted by Crippen LogP contribution is -2.00. The molecule has 0 aliphatic carbocycles. The van der Waals surface area contributed by atoms with Gasteiger partial charge in [-0.1, -0.05) is 25.5 Å². The van der Waals surface area contributed by atoms with Gasteiger partial charge in [-0.2, -0.15) is 0 Å². The first-order valence-electron chi connectivity index (χ1n) is 4.61. The van der Waals surface area contributed by atoms with Gasteiger partial charge < -0.3 is 4.74 Å². The van der Waals surface area contributed by atoms with Crippen molar-refractivity contribution < 1.29 is 4.74 Å². The van der Waals surface area contributed by atoms with E-state index in [2.05, 4.69) is 26.0 Å². The van der Waals surface area contributed by atoms with E-state index in [-0.39, 0.29) is 0 Å². The van der Waals surface area contributed by atoms with Crippen LogP contribution in [0.2, 0.25) is 0 Å². The largest absolute Gasteiger partial charge is 0.373 e. The zero-order valence-electron chi connectivity index (χ0n) is 7.55. The van der Waals surface area contributed by atoms with Crippen LogP contribution in [0.1, 0.15) is 33.1 Å². The molecule has 0 aromatic heterocycles. The summed E-state index contributed by atoms with van der Waals surface area (Å²) in [5.74, 6) is 0.762. The molecule has 0 N–H and O–H groups in total. The summed E-state index contributed by atoms with van der Waals surface area (Å²) in [6, 6.07) is 0. The van der Waals surface area contributed by atoms with Crippen molar-refractivity contribution in [1.29, 1.82) is 0 Å². The van der Waals surface area contributed by atoms with Crippen molar-refractivity contribution in [2.45, 2.75) is 39.2 Å². The molecule has 1 saturated heterocycles. The molecule has 0 aromatic carbocycles. The van der Waals surface area contributed by atoms with E-state index < -0.39 is 0 Å². The van der Waals surface area contributed by atoms with Crippen LogP contribution in [-0.2, 0) is 4.74 Å². The molecule has 0 saturated carbocycles. The molecule has 11 heavy (non-hydrogen) atoms. The van der Waals surface area contributed by atoms with Gasteiger partial charge in [0.2, 0.25) is 0 Å². The molecule has 0 radical (unpaired) electrons. The fourth-order valence-corrected chi connectivity index (χ4v) is 1.48. The first-order chi connectivity index (χ1) is 5.36. The number of epoxide rings is 1. The minimum Gasteiger partial charge on any atom is -0.373 e. The van der Waals surface area contributed by atoms with Crippen LogP contribution < -0.4 is 0 Å². The van der Waals surface area contributed by atoms with Crippen LogP contribution in [0.4, 0.5) is 0 Å². The minimum absolute atomic E-state index is 0.586. The molecule has 0 spiro atoms. The maximum atomic E-state index is 5.20. The molecule has 1 heteroatoms. The van der Waals surface area contributed by atoms with Crippen LogP contribution in [-0.4, -0.2) is 12.7 Å². The van der Waals surface area contributed by atoms with Gasteiger partial charge in [-0.15, -0.1) is 0 Å². The second kappa shape index (κ2) is 4.55. The van der Waals surface area contributed by atoms with Crippen molar-refractivity contribution in [2.24, 2.45) is 5.92 Å². The maximum Gasteiger partial charge on any atom is 0.0815 e. The summed E-state index contributed by atoms with van der Waals surface area (Å²) in [7, 11) is 0. The molecule has 1 rings (SSSR count). The smallest absolute Gasteiger partial charge is 0.0815 e. The Kier molecular flexibility index (Phi) is 3.64. The SMILES string of the molecule is CC=CC(CCC)CC1CO1. The Balaban J connectivity index is 2.18. The lowest BCUT2D eigenvalue weighted by molar-refractivity contribution is 0.366. The molecule has 0 amide bonds. The fraction of sp³-hybridized carbons (Fsp3) is 0.800. The van der Waals surface area contributed by atoms with Crippen LogP contribution in [0.5, 0.6) is 0 Å². The lowest BCUT2D eigenvalue weighted by Gasteiger charge is -2.08. The van der Waals surface area contributed by atoms with E-state index in [9.17, 15) is 0 Å². The highest BCUT2D eigenvalue weighted by molar-refractivity contribution is 4.88. The molecule has 0 bridgehead atoms. The fourth-order valence-electron chi connectivity index (χ4n) is 1.48. The Bertz CT molecular complexity index is 125. The summed E-state index contributed by atoms with van der Waals surface area (Å²) in [5, 5.41) is 0. The monoisotopic (exact) mass is 154 g/mol. The van der Waals surface area contributed by atoms with E-state index in [0.29, 0.717) is 6.10 Å². The third-order valence-electron chi connectivity index (χ3n) is 2.09. The molecule has 1 nitrogen and oxygen atoms in total. The molecule has 1 aliphatic heterocycles. The molecule has 0 aromatic rings. The summed E-state index contributed by atoms with van der Waals surface area (Å²) in [6.07, 6.45) is 8.88. The van der Waals surface area contributed by atoms with Crippen LogP contribution in [0, 0.1) is 5.92 Å². The lowest BCUT2D eigenvalue weighted by atomic mass is 9.98. The minimum atomic E-state index is 0.586. The number of hydrogen-bond acceptors (Lipinski definition) is 1. The summed E-state index contributed by atoms with van der Waals surface area (Å²) < 4.78 is 5.20. The van der Waals surface area contributed by atoms with Crippen molar-refractivity contribution in [2.75, 3.05) is 6.61 Å². The van der Waals surface area contributed by atoms with E-state index in [4.69, 9.17) is 4.74 Å². The first kappa shape index (κ1) is 8.79. The van der Waals surface area contributed by atoms with Gasteiger partial charge in [0.25, 0.3) is 0 Å². The van der Waals surface area contributed by atoms with Crippen molar-refractivity contribution in [3.05, 3.63) is 12.2 Å². The van der Waals surface area contributed by atoms with Gasteiger partial charge in [0.15, 0.2) is 0 Å². The second-order valence-electron chi connectivity index (χ2n) is 3.27. The van der Waals surface area contributed by atoms with Gasteiger partial charge in [0, 0.05) is 0 Å². The highest BCUT2D eigenvalue weighted by atomic mass is 16.6. The molecule has 64 valence electrons. The van der Waals surface area contributed by atoms with Gasteiger partial charge in [-0.3, -0.25) is 0 Å². The number of allylic oxidation sites excluding steroid dienone is 2. The molecular formula is C10H18O. The summed E-state index contributed by atoms with van der Waals surface area (Å²) in [5.41, 5.74) is 0. The Hall–Kier alpha value is -0.300. The summed E-state index contributed by atoms with van der Waals surface area (Å²) in [4.78, 5) is 0. The van der Waals surface area contributed by atoms with Gasteiger partial charge in [-0.05, 0) is 25.7 Å². The van der Waals surface area contributed by atoms with Crippen LogP contribution >= 0.6 is 0 Å². The van der Waals surface area contributed by atoms with Crippen molar-refractivity contribution in [3.8, 4) is 0 Å². The van der Waals surface area contributed by atoms with Crippen molar-refractivity contribution in [3.63, 3.8) is 0 Å². The molecule has 2 unspecified atom stereocenters. The molecule has 1 heterocycles. The Morgan fingerprint density at radius 1 is 1.64 bits per heavy atom. The number of rotatable bonds is 5. The van der Waals surface area contributed by atoms with Crippen LogP contribution in [0.15, 0.2) is 12.2 Å². The number of hydrogen-bond donors (Lipinski definition) is 0. The third-order valence-corrected chi connectivity index (χ3v) is 2.09. The quantitative estimate of drug-likeness (QED) is 0.438. The average molecular weight is 154 g/mol. The standard InChI is InChI=1S/C10H18O/c1-3-5-9(6-4-2)7-10-8-11-10/h3,5,9-10H,4,6-8H2,1-2H3. The van der Waals surface area contributed by atoms with Gasteiger partial charge in [0.1, 0.15) is 0 Å². The average Bonchev–Trinajstić information content (AvgIpc) is 2.73. The van der Waals surface area contributed by atoms with Gasteiger partial charge in [-0.25, -0.2) is 0 Å². The second-order valence-corrected chi connectivity index (χ2v) is 3.27. The molecule has 1 fully saturated rings. The molecular weight excluding hydrogens is 136 g/mol. The zero-order chi connectivity index (χ0) is 8.10. The van der Waals surface area contributed by atoms with E-state index in [1.54, 1.807) is 0 Å².